The summed E-state index contributed by atoms with van der Waals surface area (Å²) in [7, 11) is 0. The van der Waals surface area contributed by atoms with Crippen LogP contribution < -0.4 is 5.32 Å². The Kier molecular flexibility index (Phi) is 3.95. The number of halogens is 2. The van der Waals surface area contributed by atoms with Crippen molar-refractivity contribution in [3.63, 3.8) is 0 Å². The topological polar surface area (TPSA) is 21.3 Å². The number of benzene rings is 1. The van der Waals surface area contributed by atoms with Crippen LogP contribution in [0, 0.1) is 5.82 Å². The van der Waals surface area contributed by atoms with E-state index in [0.29, 0.717) is 24.8 Å². The molecule has 0 radical (unpaired) electrons. The summed E-state index contributed by atoms with van der Waals surface area (Å²) in [5.74, 6) is -0.212. The minimum absolute atomic E-state index is 0.170. The fourth-order valence-corrected chi connectivity index (χ4v) is 2.18. The van der Waals surface area contributed by atoms with E-state index in [1.807, 2.05) is 6.07 Å². The Morgan fingerprint density at radius 3 is 2.94 bits per heavy atom. The highest BCUT2D eigenvalue weighted by Crippen LogP contribution is 2.25. The van der Waals surface area contributed by atoms with Crippen molar-refractivity contribution in [2.75, 3.05) is 13.2 Å². The molecule has 2 atom stereocenters. The zero-order chi connectivity index (χ0) is 11.5. The molecule has 1 aromatic rings. The summed E-state index contributed by atoms with van der Waals surface area (Å²) in [6.07, 6.45) is 0.867. The zero-order valence-electron chi connectivity index (χ0n) is 9.17. The van der Waals surface area contributed by atoms with Crippen molar-refractivity contribution >= 4 is 15.9 Å². The molecule has 0 bridgehead atoms. The van der Waals surface area contributed by atoms with Gasteiger partial charge < -0.3 is 10.1 Å². The largest absolute Gasteiger partial charge is 0.370 e. The van der Waals surface area contributed by atoms with E-state index >= 15 is 0 Å². The third-order valence-electron chi connectivity index (χ3n) is 2.89. The zero-order valence-corrected chi connectivity index (χ0v) is 10.8. The molecule has 1 saturated heterocycles. The van der Waals surface area contributed by atoms with Crippen LogP contribution in [0.15, 0.2) is 22.7 Å². The van der Waals surface area contributed by atoms with Gasteiger partial charge in [0, 0.05) is 22.6 Å². The molecule has 1 heterocycles. The molecule has 2 rings (SSSR count). The smallest absolute Gasteiger partial charge is 0.130 e. The van der Waals surface area contributed by atoms with Gasteiger partial charge in [-0.05, 0) is 18.6 Å². The summed E-state index contributed by atoms with van der Waals surface area (Å²) in [6.45, 7) is 3.44. The Morgan fingerprint density at radius 2 is 2.38 bits per heavy atom. The molecular formula is C12H15BrFNO. The highest BCUT2D eigenvalue weighted by molar-refractivity contribution is 9.10. The van der Waals surface area contributed by atoms with E-state index in [4.69, 9.17) is 4.74 Å². The molecule has 1 aliphatic heterocycles. The van der Waals surface area contributed by atoms with Gasteiger partial charge in [0.15, 0.2) is 0 Å². The molecule has 1 aliphatic rings. The maximum atomic E-state index is 13.7. The quantitative estimate of drug-likeness (QED) is 0.903. The number of ether oxygens (including phenoxy) is 1. The standard InChI is InChI=1S/C12H15BrFNO/c1-2-9-7-16-12(6-15-9)10-4-3-8(13)5-11(10)14/h3-5,9,12,15H,2,6-7H2,1H3. The molecule has 1 fully saturated rings. The maximum Gasteiger partial charge on any atom is 0.130 e. The molecule has 0 saturated carbocycles. The Hall–Kier alpha value is -0.450. The van der Waals surface area contributed by atoms with E-state index in [0.717, 1.165) is 10.9 Å². The van der Waals surface area contributed by atoms with Crippen LogP contribution in [0.3, 0.4) is 0 Å². The highest BCUT2D eigenvalue weighted by Gasteiger charge is 2.23. The molecule has 0 aromatic heterocycles. The van der Waals surface area contributed by atoms with Crippen LogP contribution in [0.4, 0.5) is 4.39 Å². The SMILES string of the molecule is CCC1COC(c2ccc(Br)cc2F)CN1. The lowest BCUT2D eigenvalue weighted by Gasteiger charge is -2.30. The molecule has 2 unspecified atom stereocenters. The van der Waals surface area contributed by atoms with Gasteiger partial charge in [0.1, 0.15) is 5.82 Å². The molecule has 16 heavy (non-hydrogen) atoms. The van der Waals surface area contributed by atoms with E-state index in [-0.39, 0.29) is 11.9 Å². The van der Waals surface area contributed by atoms with Crippen LogP contribution in [-0.4, -0.2) is 19.2 Å². The second kappa shape index (κ2) is 5.25. The number of hydrogen-bond donors (Lipinski definition) is 1. The van der Waals surface area contributed by atoms with Gasteiger partial charge in [0.2, 0.25) is 0 Å². The fourth-order valence-electron chi connectivity index (χ4n) is 1.85. The van der Waals surface area contributed by atoms with E-state index in [2.05, 4.69) is 28.2 Å². The molecule has 1 aromatic carbocycles. The summed E-state index contributed by atoms with van der Waals surface area (Å²) in [5.41, 5.74) is 0.630. The van der Waals surface area contributed by atoms with E-state index < -0.39 is 0 Å². The first-order valence-corrected chi connectivity index (χ1v) is 6.30. The van der Waals surface area contributed by atoms with Crippen molar-refractivity contribution in [2.45, 2.75) is 25.5 Å². The van der Waals surface area contributed by atoms with Crippen molar-refractivity contribution in [1.82, 2.24) is 5.32 Å². The highest BCUT2D eigenvalue weighted by atomic mass is 79.9. The van der Waals surface area contributed by atoms with Crippen LogP contribution in [0.25, 0.3) is 0 Å². The molecule has 88 valence electrons. The van der Waals surface area contributed by atoms with E-state index in [1.54, 1.807) is 6.07 Å². The first-order chi connectivity index (χ1) is 7.70. The second-order valence-electron chi connectivity index (χ2n) is 4.00. The molecule has 0 aliphatic carbocycles. The lowest BCUT2D eigenvalue weighted by atomic mass is 10.1. The van der Waals surface area contributed by atoms with Gasteiger partial charge in [-0.3, -0.25) is 0 Å². The van der Waals surface area contributed by atoms with Gasteiger partial charge in [-0.15, -0.1) is 0 Å². The van der Waals surface area contributed by atoms with Crippen LogP contribution >= 0.6 is 15.9 Å². The van der Waals surface area contributed by atoms with E-state index in [9.17, 15) is 4.39 Å². The fraction of sp³-hybridized carbons (Fsp3) is 0.500. The lowest BCUT2D eigenvalue weighted by molar-refractivity contribution is 0.000365. The van der Waals surface area contributed by atoms with Crippen LogP contribution in [-0.2, 0) is 4.74 Å². The summed E-state index contributed by atoms with van der Waals surface area (Å²) in [5, 5.41) is 3.36. The summed E-state index contributed by atoms with van der Waals surface area (Å²) in [6, 6.07) is 5.49. The number of rotatable bonds is 2. The maximum absolute atomic E-state index is 13.7. The minimum Gasteiger partial charge on any atom is -0.370 e. The molecule has 2 nitrogen and oxygen atoms in total. The first-order valence-electron chi connectivity index (χ1n) is 5.50. The Labute approximate surface area is 103 Å². The van der Waals surface area contributed by atoms with Crippen LogP contribution in [0.1, 0.15) is 25.0 Å². The average Bonchev–Trinajstić information content (AvgIpc) is 2.29. The third-order valence-corrected chi connectivity index (χ3v) is 3.39. The van der Waals surface area contributed by atoms with Gasteiger partial charge in [-0.2, -0.15) is 0 Å². The predicted molar refractivity (Wildman–Crippen MR) is 64.9 cm³/mol. The summed E-state index contributed by atoms with van der Waals surface area (Å²) >= 11 is 3.24. The van der Waals surface area contributed by atoms with Gasteiger partial charge in [0.05, 0.1) is 12.7 Å². The molecule has 0 spiro atoms. The van der Waals surface area contributed by atoms with Crippen molar-refractivity contribution in [3.05, 3.63) is 34.1 Å². The van der Waals surface area contributed by atoms with Crippen molar-refractivity contribution in [2.24, 2.45) is 0 Å². The Morgan fingerprint density at radius 1 is 1.56 bits per heavy atom. The van der Waals surface area contributed by atoms with E-state index in [1.165, 1.54) is 6.07 Å². The predicted octanol–water partition coefficient (Wildman–Crippen LogP) is 3.03. The summed E-state index contributed by atoms with van der Waals surface area (Å²) < 4.78 is 20.1. The number of morpholine rings is 1. The van der Waals surface area contributed by atoms with Crippen molar-refractivity contribution in [1.29, 1.82) is 0 Å². The van der Waals surface area contributed by atoms with Crippen molar-refractivity contribution < 1.29 is 9.13 Å². The normalized spacial score (nSPS) is 25.7. The number of hydrogen-bond acceptors (Lipinski definition) is 2. The third kappa shape index (κ3) is 2.62. The molecule has 0 amide bonds. The van der Waals surface area contributed by atoms with Crippen LogP contribution in [0.2, 0.25) is 0 Å². The number of nitrogens with one attached hydrogen (secondary N) is 1. The first kappa shape index (κ1) is 12.0. The van der Waals surface area contributed by atoms with Crippen molar-refractivity contribution in [3.8, 4) is 0 Å². The van der Waals surface area contributed by atoms with Gasteiger partial charge in [-0.1, -0.05) is 28.9 Å². The monoisotopic (exact) mass is 287 g/mol. The van der Waals surface area contributed by atoms with Gasteiger partial charge >= 0.3 is 0 Å². The lowest BCUT2D eigenvalue weighted by Crippen LogP contribution is -2.42. The second-order valence-corrected chi connectivity index (χ2v) is 4.92. The minimum atomic E-state index is -0.212. The molecular weight excluding hydrogens is 273 g/mol. The van der Waals surface area contributed by atoms with Crippen LogP contribution in [0.5, 0.6) is 0 Å². The van der Waals surface area contributed by atoms with Gasteiger partial charge in [-0.25, -0.2) is 4.39 Å². The Bertz CT molecular complexity index is 364. The average molecular weight is 288 g/mol. The molecule has 1 N–H and O–H groups in total. The summed E-state index contributed by atoms with van der Waals surface area (Å²) in [4.78, 5) is 0. The molecule has 4 heteroatoms. The van der Waals surface area contributed by atoms with Gasteiger partial charge in [0.25, 0.3) is 0 Å². The Balaban J connectivity index is 2.08.